The maximum Gasteiger partial charge on any atom is 0.0551 e. The van der Waals surface area contributed by atoms with Crippen LogP contribution in [0.1, 0.15) is 6.42 Å². The lowest BCUT2D eigenvalue weighted by Gasteiger charge is -2.17. The van der Waals surface area contributed by atoms with Gasteiger partial charge in [-0.15, -0.1) is 0 Å². The average Bonchev–Trinajstić information content (AvgIpc) is 1.99. The smallest absolute Gasteiger partial charge is 0.0551 e. The molecule has 0 spiro atoms. The first-order chi connectivity index (χ1) is 4.76. The van der Waals surface area contributed by atoms with E-state index in [1.54, 1.807) is 0 Å². The molecule has 3 nitrogen and oxygen atoms in total. The third-order valence-corrected chi connectivity index (χ3v) is 2.05. The highest BCUT2D eigenvalue weighted by molar-refractivity contribution is 7.81. The lowest BCUT2D eigenvalue weighted by Crippen LogP contribution is -2.23. The highest BCUT2D eigenvalue weighted by Gasteiger charge is 2.15. The van der Waals surface area contributed by atoms with Crippen LogP contribution >= 0.6 is 12.6 Å². The summed E-state index contributed by atoms with van der Waals surface area (Å²) < 4.78 is 0. The summed E-state index contributed by atoms with van der Waals surface area (Å²) in [5.41, 5.74) is 0. The van der Waals surface area contributed by atoms with E-state index in [0.717, 1.165) is 0 Å². The van der Waals surface area contributed by atoms with Crippen molar-refractivity contribution in [2.75, 3.05) is 19.8 Å². The Morgan fingerprint density at radius 3 is 2.00 bits per heavy atom. The van der Waals surface area contributed by atoms with Gasteiger partial charge in [-0.3, -0.25) is 0 Å². The van der Waals surface area contributed by atoms with E-state index in [9.17, 15) is 0 Å². The topological polar surface area (TPSA) is 60.7 Å². The van der Waals surface area contributed by atoms with E-state index in [4.69, 9.17) is 15.3 Å². The second-order valence-corrected chi connectivity index (χ2v) is 2.87. The maximum absolute atomic E-state index is 8.69. The molecule has 0 amide bonds. The lowest BCUT2D eigenvalue weighted by molar-refractivity contribution is 0.159. The van der Waals surface area contributed by atoms with Gasteiger partial charge in [-0.05, 0) is 12.3 Å². The first-order valence-electron chi connectivity index (χ1n) is 3.26. The largest absolute Gasteiger partial charge is 0.396 e. The molecular weight excluding hydrogens is 152 g/mol. The van der Waals surface area contributed by atoms with Crippen LogP contribution in [0.3, 0.4) is 0 Å². The second kappa shape index (κ2) is 5.97. The fourth-order valence-electron chi connectivity index (χ4n) is 0.720. The minimum absolute atomic E-state index is 0.0300. The number of aliphatic hydroxyl groups is 3. The first kappa shape index (κ1) is 10.2. The van der Waals surface area contributed by atoms with Crippen LogP contribution in [0.15, 0.2) is 0 Å². The Balaban J connectivity index is 3.56. The highest BCUT2D eigenvalue weighted by Crippen LogP contribution is 2.12. The molecule has 0 bridgehead atoms. The van der Waals surface area contributed by atoms with Crippen LogP contribution in [0, 0.1) is 5.92 Å². The van der Waals surface area contributed by atoms with Crippen LogP contribution in [0.5, 0.6) is 0 Å². The summed E-state index contributed by atoms with van der Waals surface area (Å²) in [5.74, 6) is -0.0988. The van der Waals surface area contributed by atoms with Gasteiger partial charge in [-0.25, -0.2) is 0 Å². The molecule has 0 aromatic carbocycles. The molecule has 0 aliphatic rings. The summed E-state index contributed by atoms with van der Waals surface area (Å²) in [6, 6.07) is 0. The molecule has 0 aliphatic carbocycles. The van der Waals surface area contributed by atoms with Gasteiger partial charge in [-0.2, -0.15) is 12.6 Å². The molecule has 0 fully saturated rings. The standard InChI is InChI=1S/C6H14O3S/c7-2-1-5(3-8)6(10)4-9/h5-10H,1-4H2. The summed E-state index contributed by atoms with van der Waals surface area (Å²) >= 11 is 4.02. The summed E-state index contributed by atoms with van der Waals surface area (Å²) in [6.07, 6.45) is 0.491. The summed E-state index contributed by atoms with van der Waals surface area (Å²) in [6.45, 7) is -0.0636. The molecule has 2 atom stereocenters. The quantitative estimate of drug-likeness (QED) is 0.407. The van der Waals surface area contributed by atoms with E-state index < -0.39 is 0 Å². The fraction of sp³-hybridized carbons (Fsp3) is 1.00. The second-order valence-electron chi connectivity index (χ2n) is 2.20. The molecule has 0 radical (unpaired) electrons. The number of rotatable bonds is 5. The van der Waals surface area contributed by atoms with Gasteiger partial charge in [0.1, 0.15) is 0 Å². The van der Waals surface area contributed by atoms with Crippen molar-refractivity contribution in [2.24, 2.45) is 5.92 Å². The zero-order valence-corrected chi connectivity index (χ0v) is 6.67. The maximum atomic E-state index is 8.69. The van der Waals surface area contributed by atoms with E-state index in [1.165, 1.54) is 0 Å². The SMILES string of the molecule is OCCC(CO)C(S)CO. The van der Waals surface area contributed by atoms with E-state index >= 15 is 0 Å². The van der Waals surface area contributed by atoms with Crippen molar-refractivity contribution in [3.63, 3.8) is 0 Å². The van der Waals surface area contributed by atoms with Crippen LogP contribution in [-0.4, -0.2) is 40.4 Å². The molecule has 0 rings (SSSR count). The van der Waals surface area contributed by atoms with Crippen molar-refractivity contribution < 1.29 is 15.3 Å². The molecule has 0 saturated carbocycles. The number of hydrogen-bond acceptors (Lipinski definition) is 4. The van der Waals surface area contributed by atoms with E-state index in [0.29, 0.717) is 6.42 Å². The van der Waals surface area contributed by atoms with Crippen molar-refractivity contribution in [3.8, 4) is 0 Å². The van der Waals surface area contributed by atoms with Gasteiger partial charge in [0.25, 0.3) is 0 Å². The summed E-state index contributed by atoms with van der Waals surface area (Å²) in [5, 5.41) is 25.5. The molecule has 3 N–H and O–H groups in total. The minimum atomic E-state index is -0.225. The van der Waals surface area contributed by atoms with Crippen molar-refractivity contribution in [1.29, 1.82) is 0 Å². The van der Waals surface area contributed by atoms with Gasteiger partial charge in [-0.1, -0.05) is 0 Å². The lowest BCUT2D eigenvalue weighted by atomic mass is 10.0. The third-order valence-electron chi connectivity index (χ3n) is 1.47. The minimum Gasteiger partial charge on any atom is -0.396 e. The molecule has 0 aromatic heterocycles. The van der Waals surface area contributed by atoms with Gasteiger partial charge < -0.3 is 15.3 Å². The predicted molar refractivity (Wildman–Crippen MR) is 42.1 cm³/mol. The van der Waals surface area contributed by atoms with Crippen molar-refractivity contribution in [3.05, 3.63) is 0 Å². The Labute approximate surface area is 66.1 Å². The van der Waals surface area contributed by atoms with Gasteiger partial charge in [0.15, 0.2) is 0 Å². The van der Waals surface area contributed by atoms with E-state index in [-0.39, 0.29) is 31.0 Å². The number of aliphatic hydroxyl groups excluding tert-OH is 3. The average molecular weight is 166 g/mol. The first-order valence-corrected chi connectivity index (χ1v) is 3.78. The molecule has 10 heavy (non-hydrogen) atoms. The van der Waals surface area contributed by atoms with E-state index in [2.05, 4.69) is 12.6 Å². The molecular formula is C6H14O3S. The van der Waals surface area contributed by atoms with Crippen molar-refractivity contribution in [1.82, 2.24) is 0 Å². The number of hydrogen-bond donors (Lipinski definition) is 4. The van der Waals surface area contributed by atoms with Crippen LogP contribution in [0.2, 0.25) is 0 Å². The Kier molecular flexibility index (Phi) is 6.11. The molecule has 62 valence electrons. The molecule has 0 aliphatic heterocycles. The van der Waals surface area contributed by atoms with Crippen LogP contribution in [-0.2, 0) is 0 Å². The number of thiol groups is 1. The molecule has 0 aromatic rings. The zero-order chi connectivity index (χ0) is 7.98. The highest BCUT2D eigenvalue weighted by atomic mass is 32.1. The van der Waals surface area contributed by atoms with Crippen LogP contribution in [0.4, 0.5) is 0 Å². The van der Waals surface area contributed by atoms with Crippen LogP contribution < -0.4 is 0 Å². The molecule has 4 heteroatoms. The van der Waals surface area contributed by atoms with Gasteiger partial charge in [0, 0.05) is 18.5 Å². The monoisotopic (exact) mass is 166 g/mol. The van der Waals surface area contributed by atoms with E-state index in [1.807, 2.05) is 0 Å². The van der Waals surface area contributed by atoms with Gasteiger partial charge >= 0.3 is 0 Å². The zero-order valence-electron chi connectivity index (χ0n) is 5.77. The Morgan fingerprint density at radius 2 is 1.70 bits per heavy atom. The van der Waals surface area contributed by atoms with Gasteiger partial charge in [0.05, 0.1) is 6.61 Å². The van der Waals surface area contributed by atoms with Crippen molar-refractivity contribution >= 4 is 12.6 Å². The Bertz CT molecular complexity index is 79.4. The normalized spacial score (nSPS) is 16.8. The molecule has 0 saturated heterocycles. The summed E-state index contributed by atoms with van der Waals surface area (Å²) in [7, 11) is 0. The Morgan fingerprint density at radius 1 is 1.10 bits per heavy atom. The Hall–Kier alpha value is 0.230. The van der Waals surface area contributed by atoms with Gasteiger partial charge in [0.2, 0.25) is 0 Å². The predicted octanol–water partition coefficient (Wildman–Crippen LogP) is -0.732. The molecule has 2 unspecified atom stereocenters. The summed E-state index contributed by atoms with van der Waals surface area (Å²) in [4.78, 5) is 0. The fourth-order valence-corrected chi connectivity index (χ4v) is 0.964. The van der Waals surface area contributed by atoms with Crippen LogP contribution in [0.25, 0.3) is 0 Å². The molecule has 0 heterocycles. The van der Waals surface area contributed by atoms with Crippen molar-refractivity contribution in [2.45, 2.75) is 11.7 Å². The third kappa shape index (κ3) is 3.41.